The van der Waals surface area contributed by atoms with E-state index in [9.17, 15) is 0 Å². The lowest BCUT2D eigenvalue weighted by molar-refractivity contribution is 0.765. The molecule has 1 aromatic heterocycles. The second-order valence-electron chi connectivity index (χ2n) is 4.20. The summed E-state index contributed by atoms with van der Waals surface area (Å²) in [5.74, 6) is 0. The van der Waals surface area contributed by atoms with Gasteiger partial charge in [0.05, 0.1) is 17.8 Å². The quantitative estimate of drug-likeness (QED) is 0.823. The lowest BCUT2D eigenvalue weighted by Crippen LogP contribution is -2.21. The van der Waals surface area contributed by atoms with E-state index < -0.39 is 0 Å². The Morgan fingerprint density at radius 1 is 1.33 bits per heavy atom. The van der Waals surface area contributed by atoms with Crippen LogP contribution in [0.4, 0.5) is 5.69 Å². The monoisotopic (exact) mass is 240 g/mol. The molecule has 1 aromatic carbocycles. The van der Waals surface area contributed by atoms with Crippen molar-refractivity contribution in [2.75, 3.05) is 11.4 Å². The SMILES string of the molecule is CCN(Cc1cnn(C)c1)c1ccc(C#N)cc1. The lowest BCUT2D eigenvalue weighted by Gasteiger charge is -2.22. The number of nitrogens with zero attached hydrogens (tertiary/aromatic N) is 4. The van der Waals surface area contributed by atoms with Gasteiger partial charge in [0.2, 0.25) is 0 Å². The van der Waals surface area contributed by atoms with E-state index in [2.05, 4.69) is 23.0 Å². The fraction of sp³-hybridized carbons (Fsp3) is 0.286. The Labute approximate surface area is 107 Å². The summed E-state index contributed by atoms with van der Waals surface area (Å²) in [4.78, 5) is 2.25. The molecule has 2 rings (SSSR count). The highest BCUT2D eigenvalue weighted by atomic mass is 15.2. The molecule has 18 heavy (non-hydrogen) atoms. The Kier molecular flexibility index (Phi) is 3.63. The van der Waals surface area contributed by atoms with Gasteiger partial charge < -0.3 is 4.90 Å². The predicted octanol–water partition coefficient (Wildman–Crippen LogP) is 2.32. The van der Waals surface area contributed by atoms with Gasteiger partial charge in [0, 0.05) is 37.6 Å². The molecule has 4 heteroatoms. The maximum atomic E-state index is 8.79. The van der Waals surface area contributed by atoms with Crippen LogP contribution in [0.2, 0.25) is 0 Å². The third kappa shape index (κ3) is 2.69. The van der Waals surface area contributed by atoms with Crippen LogP contribution < -0.4 is 4.90 Å². The van der Waals surface area contributed by atoms with E-state index in [1.54, 1.807) is 0 Å². The minimum atomic E-state index is 0.691. The van der Waals surface area contributed by atoms with Gasteiger partial charge in [-0.2, -0.15) is 10.4 Å². The first-order valence-corrected chi connectivity index (χ1v) is 5.95. The van der Waals surface area contributed by atoms with Crippen molar-refractivity contribution in [3.8, 4) is 6.07 Å². The van der Waals surface area contributed by atoms with Crippen molar-refractivity contribution in [2.24, 2.45) is 7.05 Å². The number of nitriles is 1. The molecule has 92 valence electrons. The van der Waals surface area contributed by atoms with Crippen LogP contribution in [-0.4, -0.2) is 16.3 Å². The average Bonchev–Trinajstić information content (AvgIpc) is 2.82. The summed E-state index contributed by atoms with van der Waals surface area (Å²) in [6, 6.07) is 9.80. The average molecular weight is 240 g/mol. The Balaban J connectivity index is 2.15. The normalized spacial score (nSPS) is 10.1. The Morgan fingerprint density at radius 2 is 2.06 bits per heavy atom. The molecule has 0 aliphatic rings. The molecule has 4 nitrogen and oxygen atoms in total. The molecule has 0 fully saturated rings. The van der Waals surface area contributed by atoms with Gasteiger partial charge in [-0.1, -0.05) is 0 Å². The summed E-state index contributed by atoms with van der Waals surface area (Å²) < 4.78 is 1.81. The molecular formula is C14H16N4. The summed E-state index contributed by atoms with van der Waals surface area (Å²) in [6.45, 7) is 3.87. The number of anilines is 1. The molecule has 1 heterocycles. The number of aryl methyl sites for hydroxylation is 1. The number of hydrogen-bond acceptors (Lipinski definition) is 3. The topological polar surface area (TPSA) is 44.9 Å². The van der Waals surface area contributed by atoms with Crippen molar-refractivity contribution < 1.29 is 0 Å². The van der Waals surface area contributed by atoms with Crippen LogP contribution in [0.3, 0.4) is 0 Å². The highest BCUT2D eigenvalue weighted by Crippen LogP contribution is 2.17. The van der Waals surface area contributed by atoms with Crippen LogP contribution in [0.1, 0.15) is 18.1 Å². The molecule has 0 amide bonds. The minimum absolute atomic E-state index is 0.691. The number of rotatable bonds is 4. The van der Waals surface area contributed by atoms with Crippen molar-refractivity contribution in [3.63, 3.8) is 0 Å². The van der Waals surface area contributed by atoms with E-state index in [-0.39, 0.29) is 0 Å². The highest BCUT2D eigenvalue weighted by Gasteiger charge is 2.06. The largest absolute Gasteiger partial charge is 0.367 e. The van der Waals surface area contributed by atoms with E-state index in [1.165, 1.54) is 5.56 Å². The molecule has 2 aromatic rings. The van der Waals surface area contributed by atoms with Gasteiger partial charge in [0.25, 0.3) is 0 Å². The molecule has 0 unspecified atom stereocenters. The zero-order valence-electron chi connectivity index (χ0n) is 10.7. The van der Waals surface area contributed by atoms with Gasteiger partial charge in [0.1, 0.15) is 0 Å². The van der Waals surface area contributed by atoms with E-state index in [1.807, 2.05) is 48.4 Å². The van der Waals surface area contributed by atoms with Crippen molar-refractivity contribution in [1.29, 1.82) is 5.26 Å². The van der Waals surface area contributed by atoms with E-state index in [0.29, 0.717) is 5.56 Å². The third-order valence-electron chi connectivity index (χ3n) is 2.88. The molecule has 0 atom stereocenters. The summed E-state index contributed by atoms with van der Waals surface area (Å²) in [5.41, 5.74) is 3.00. The molecular weight excluding hydrogens is 224 g/mol. The number of benzene rings is 1. The summed E-state index contributed by atoms with van der Waals surface area (Å²) in [6.07, 6.45) is 3.90. The van der Waals surface area contributed by atoms with Gasteiger partial charge in [-0.05, 0) is 31.2 Å². The highest BCUT2D eigenvalue weighted by molar-refractivity contribution is 5.49. The fourth-order valence-corrected chi connectivity index (χ4v) is 1.91. The van der Waals surface area contributed by atoms with Crippen LogP contribution in [0.25, 0.3) is 0 Å². The maximum absolute atomic E-state index is 8.79. The van der Waals surface area contributed by atoms with Crippen molar-refractivity contribution >= 4 is 5.69 Å². The summed E-state index contributed by atoms with van der Waals surface area (Å²) in [7, 11) is 1.92. The molecule has 0 aliphatic heterocycles. The molecule has 0 saturated carbocycles. The number of aromatic nitrogens is 2. The van der Waals surface area contributed by atoms with Gasteiger partial charge in [0.15, 0.2) is 0 Å². The van der Waals surface area contributed by atoms with Gasteiger partial charge in [-0.15, -0.1) is 0 Å². The number of hydrogen-bond donors (Lipinski definition) is 0. The van der Waals surface area contributed by atoms with Crippen molar-refractivity contribution in [1.82, 2.24) is 9.78 Å². The predicted molar refractivity (Wildman–Crippen MR) is 71.1 cm³/mol. The van der Waals surface area contributed by atoms with E-state index in [4.69, 9.17) is 5.26 Å². The van der Waals surface area contributed by atoms with Crippen LogP contribution in [0.15, 0.2) is 36.7 Å². The zero-order chi connectivity index (χ0) is 13.0. The summed E-state index contributed by atoms with van der Waals surface area (Å²) in [5, 5.41) is 13.0. The first-order chi connectivity index (χ1) is 8.72. The molecule has 0 bridgehead atoms. The molecule has 0 aliphatic carbocycles. The lowest BCUT2D eigenvalue weighted by atomic mass is 10.2. The Hall–Kier alpha value is -2.28. The van der Waals surface area contributed by atoms with Crippen LogP contribution in [0, 0.1) is 11.3 Å². The zero-order valence-corrected chi connectivity index (χ0v) is 10.7. The van der Waals surface area contributed by atoms with Gasteiger partial charge in [-0.3, -0.25) is 4.68 Å². The van der Waals surface area contributed by atoms with Crippen LogP contribution in [0.5, 0.6) is 0 Å². The minimum Gasteiger partial charge on any atom is -0.367 e. The first kappa shape index (κ1) is 12.2. The van der Waals surface area contributed by atoms with Crippen LogP contribution >= 0.6 is 0 Å². The van der Waals surface area contributed by atoms with Crippen molar-refractivity contribution in [3.05, 3.63) is 47.8 Å². The molecule has 0 radical (unpaired) electrons. The van der Waals surface area contributed by atoms with E-state index in [0.717, 1.165) is 18.8 Å². The second-order valence-corrected chi connectivity index (χ2v) is 4.20. The van der Waals surface area contributed by atoms with Gasteiger partial charge >= 0.3 is 0 Å². The molecule has 0 spiro atoms. The molecule has 0 N–H and O–H groups in total. The fourth-order valence-electron chi connectivity index (χ4n) is 1.91. The Bertz CT molecular complexity index is 548. The smallest absolute Gasteiger partial charge is 0.0991 e. The third-order valence-corrected chi connectivity index (χ3v) is 2.88. The second kappa shape index (κ2) is 5.37. The molecule has 0 saturated heterocycles. The van der Waals surface area contributed by atoms with E-state index >= 15 is 0 Å². The summed E-state index contributed by atoms with van der Waals surface area (Å²) >= 11 is 0. The van der Waals surface area contributed by atoms with Crippen LogP contribution in [-0.2, 0) is 13.6 Å². The maximum Gasteiger partial charge on any atom is 0.0991 e. The van der Waals surface area contributed by atoms with Gasteiger partial charge in [-0.25, -0.2) is 0 Å². The first-order valence-electron chi connectivity index (χ1n) is 5.95. The van der Waals surface area contributed by atoms with Crippen molar-refractivity contribution in [2.45, 2.75) is 13.5 Å². The Morgan fingerprint density at radius 3 is 2.56 bits per heavy atom. The standard InChI is InChI=1S/C14H16N4/c1-3-18(11-13-9-16-17(2)10-13)14-6-4-12(8-15)5-7-14/h4-7,9-10H,3,11H2,1-2H3.